The fourth-order valence-corrected chi connectivity index (χ4v) is 3.54. The van der Waals surface area contributed by atoms with Crippen molar-refractivity contribution in [1.29, 1.82) is 0 Å². The molecular weight excluding hydrogens is 380 g/mol. The molecule has 1 aromatic heterocycles. The van der Waals surface area contributed by atoms with Crippen molar-refractivity contribution in [2.24, 2.45) is 0 Å². The first-order valence-corrected chi connectivity index (χ1v) is 10.2. The topological polar surface area (TPSA) is 88.3 Å². The summed E-state index contributed by atoms with van der Waals surface area (Å²) in [4.78, 5) is 26.2. The number of rotatable bonds is 6. The molecule has 7 heteroatoms. The van der Waals surface area contributed by atoms with Crippen LogP contribution >= 0.6 is 0 Å². The van der Waals surface area contributed by atoms with Gasteiger partial charge >= 0.3 is 0 Å². The van der Waals surface area contributed by atoms with Crippen LogP contribution in [0.25, 0.3) is 22.9 Å². The van der Waals surface area contributed by atoms with Crippen LogP contribution in [0.15, 0.2) is 52.9 Å². The fraction of sp³-hybridized carbons (Fsp3) is 0.304. The molecule has 0 unspecified atom stereocenters. The quantitative estimate of drug-likeness (QED) is 0.680. The first-order chi connectivity index (χ1) is 14.6. The average molecular weight is 404 g/mol. The normalized spacial score (nSPS) is 13.4. The van der Waals surface area contributed by atoms with Crippen LogP contribution in [0.3, 0.4) is 0 Å². The van der Waals surface area contributed by atoms with Gasteiger partial charge in [-0.15, -0.1) is 10.2 Å². The van der Waals surface area contributed by atoms with E-state index in [1.165, 1.54) is 0 Å². The predicted molar refractivity (Wildman–Crippen MR) is 113 cm³/mol. The Morgan fingerprint density at radius 1 is 1.00 bits per heavy atom. The van der Waals surface area contributed by atoms with Gasteiger partial charge in [-0.1, -0.05) is 18.2 Å². The standard InChI is InChI=1S/C23H24N4O3/c1-16-6-2-3-7-19(16)23-26-25-22(30-23)18-10-8-17(9-11-18)21(29)24-13-12-20(28)27-14-4-5-15-27/h2-3,6-11H,4-5,12-15H2,1H3,(H,24,29). The van der Waals surface area contributed by atoms with Gasteiger partial charge < -0.3 is 14.6 Å². The summed E-state index contributed by atoms with van der Waals surface area (Å²) in [6.07, 6.45) is 2.46. The lowest BCUT2D eigenvalue weighted by atomic mass is 10.1. The van der Waals surface area contributed by atoms with Gasteiger partial charge in [-0.05, 0) is 55.7 Å². The van der Waals surface area contributed by atoms with E-state index in [0.717, 1.165) is 42.6 Å². The number of nitrogens with zero attached hydrogens (tertiary/aromatic N) is 3. The van der Waals surface area contributed by atoms with E-state index >= 15 is 0 Å². The molecule has 0 aliphatic carbocycles. The van der Waals surface area contributed by atoms with Gasteiger partial charge in [0.15, 0.2) is 0 Å². The molecule has 2 amide bonds. The van der Waals surface area contributed by atoms with Crippen molar-refractivity contribution in [3.05, 3.63) is 59.7 Å². The molecule has 4 rings (SSSR count). The number of amides is 2. The Morgan fingerprint density at radius 2 is 1.70 bits per heavy atom. The number of benzene rings is 2. The highest BCUT2D eigenvalue weighted by molar-refractivity contribution is 5.94. The minimum absolute atomic E-state index is 0.101. The van der Waals surface area contributed by atoms with Crippen molar-refractivity contribution in [2.75, 3.05) is 19.6 Å². The van der Waals surface area contributed by atoms with Gasteiger partial charge in [0.05, 0.1) is 0 Å². The maximum absolute atomic E-state index is 12.3. The highest BCUT2D eigenvalue weighted by Crippen LogP contribution is 2.26. The third-order valence-electron chi connectivity index (χ3n) is 5.28. The van der Waals surface area contributed by atoms with Crippen molar-refractivity contribution in [1.82, 2.24) is 20.4 Å². The highest BCUT2D eigenvalue weighted by atomic mass is 16.4. The Labute approximate surface area is 175 Å². The molecule has 3 aromatic rings. The molecule has 30 heavy (non-hydrogen) atoms. The monoisotopic (exact) mass is 404 g/mol. The molecule has 1 aliphatic rings. The number of carbonyl (C=O) groups is 2. The largest absolute Gasteiger partial charge is 0.416 e. The van der Waals surface area contributed by atoms with Gasteiger partial charge in [0.2, 0.25) is 17.7 Å². The van der Waals surface area contributed by atoms with E-state index in [9.17, 15) is 9.59 Å². The van der Waals surface area contributed by atoms with Crippen molar-refractivity contribution in [3.8, 4) is 22.9 Å². The van der Waals surface area contributed by atoms with E-state index in [1.807, 2.05) is 36.1 Å². The Kier molecular flexibility index (Phi) is 5.88. The number of hydrogen-bond donors (Lipinski definition) is 1. The zero-order valence-electron chi connectivity index (χ0n) is 16.9. The van der Waals surface area contributed by atoms with Crippen LogP contribution in [-0.4, -0.2) is 46.5 Å². The van der Waals surface area contributed by atoms with E-state index < -0.39 is 0 Å². The molecule has 1 saturated heterocycles. The lowest BCUT2D eigenvalue weighted by molar-refractivity contribution is -0.129. The lowest BCUT2D eigenvalue weighted by Crippen LogP contribution is -2.32. The van der Waals surface area contributed by atoms with Crippen molar-refractivity contribution < 1.29 is 14.0 Å². The molecule has 1 aliphatic heterocycles. The first-order valence-electron chi connectivity index (χ1n) is 10.2. The number of aryl methyl sites for hydroxylation is 1. The van der Waals surface area contributed by atoms with Crippen molar-refractivity contribution >= 4 is 11.8 Å². The summed E-state index contributed by atoms with van der Waals surface area (Å²) >= 11 is 0. The van der Waals surface area contributed by atoms with Crippen LogP contribution in [-0.2, 0) is 4.79 Å². The van der Waals surface area contributed by atoms with Gasteiger partial charge in [0, 0.05) is 42.7 Å². The smallest absolute Gasteiger partial charge is 0.251 e. The molecule has 2 aromatic carbocycles. The van der Waals surface area contributed by atoms with Crippen molar-refractivity contribution in [3.63, 3.8) is 0 Å². The zero-order valence-corrected chi connectivity index (χ0v) is 16.9. The summed E-state index contributed by atoms with van der Waals surface area (Å²) in [5.74, 6) is 0.759. The van der Waals surface area contributed by atoms with Gasteiger partial charge in [-0.25, -0.2) is 0 Å². The van der Waals surface area contributed by atoms with Crippen LogP contribution in [0.1, 0.15) is 35.2 Å². The molecule has 154 valence electrons. The number of carbonyl (C=O) groups excluding carboxylic acids is 2. The summed E-state index contributed by atoms with van der Waals surface area (Å²) < 4.78 is 5.81. The minimum Gasteiger partial charge on any atom is -0.416 e. The van der Waals surface area contributed by atoms with Gasteiger partial charge in [0.25, 0.3) is 5.91 Å². The second kappa shape index (κ2) is 8.90. The molecule has 7 nitrogen and oxygen atoms in total. The van der Waals surface area contributed by atoms with Crippen LogP contribution in [0.4, 0.5) is 0 Å². The van der Waals surface area contributed by atoms with Gasteiger partial charge in [-0.3, -0.25) is 9.59 Å². The Morgan fingerprint density at radius 3 is 2.43 bits per heavy atom. The van der Waals surface area contributed by atoms with Gasteiger partial charge in [0.1, 0.15) is 0 Å². The maximum atomic E-state index is 12.3. The number of nitrogens with one attached hydrogen (secondary N) is 1. The summed E-state index contributed by atoms with van der Waals surface area (Å²) in [5.41, 5.74) is 3.22. The summed E-state index contributed by atoms with van der Waals surface area (Å²) in [7, 11) is 0. The summed E-state index contributed by atoms with van der Waals surface area (Å²) in [6, 6.07) is 14.8. The first kappa shape index (κ1) is 19.8. The third-order valence-corrected chi connectivity index (χ3v) is 5.28. The molecule has 1 N–H and O–H groups in total. The molecule has 0 radical (unpaired) electrons. The third kappa shape index (κ3) is 4.40. The SMILES string of the molecule is Cc1ccccc1-c1nnc(-c2ccc(C(=O)NCCC(=O)N3CCCC3)cc2)o1. The molecule has 2 heterocycles. The Balaban J connectivity index is 1.35. The van der Waals surface area contributed by atoms with Crippen LogP contribution < -0.4 is 5.32 Å². The number of likely N-dealkylation sites (tertiary alicyclic amines) is 1. The van der Waals surface area contributed by atoms with Crippen LogP contribution in [0.5, 0.6) is 0 Å². The van der Waals surface area contributed by atoms with Crippen molar-refractivity contribution in [2.45, 2.75) is 26.2 Å². The fourth-order valence-electron chi connectivity index (χ4n) is 3.54. The second-order valence-electron chi connectivity index (χ2n) is 7.40. The van der Waals surface area contributed by atoms with E-state index in [4.69, 9.17) is 4.42 Å². The minimum atomic E-state index is -0.207. The molecule has 0 atom stereocenters. The molecular formula is C23H24N4O3. The molecule has 0 bridgehead atoms. The molecule has 1 fully saturated rings. The average Bonchev–Trinajstić information content (AvgIpc) is 3.47. The summed E-state index contributed by atoms with van der Waals surface area (Å²) in [5, 5.41) is 11.1. The Bertz CT molecular complexity index is 1040. The molecule has 0 spiro atoms. The maximum Gasteiger partial charge on any atom is 0.251 e. The number of hydrogen-bond acceptors (Lipinski definition) is 5. The van der Waals surface area contributed by atoms with Gasteiger partial charge in [-0.2, -0.15) is 0 Å². The summed E-state index contributed by atoms with van der Waals surface area (Å²) in [6.45, 7) is 3.98. The second-order valence-corrected chi connectivity index (χ2v) is 7.40. The Hall–Kier alpha value is -3.48. The number of aromatic nitrogens is 2. The lowest BCUT2D eigenvalue weighted by Gasteiger charge is -2.15. The van der Waals surface area contributed by atoms with E-state index in [-0.39, 0.29) is 11.8 Å². The highest BCUT2D eigenvalue weighted by Gasteiger charge is 2.18. The van der Waals surface area contributed by atoms with Crippen LogP contribution in [0.2, 0.25) is 0 Å². The van der Waals surface area contributed by atoms with E-state index in [0.29, 0.717) is 30.3 Å². The van der Waals surface area contributed by atoms with Crippen LogP contribution in [0, 0.1) is 6.92 Å². The van der Waals surface area contributed by atoms with E-state index in [1.54, 1.807) is 24.3 Å². The zero-order chi connectivity index (χ0) is 20.9. The molecule has 0 saturated carbocycles. The predicted octanol–water partition coefficient (Wildman–Crippen LogP) is 3.45. The van der Waals surface area contributed by atoms with E-state index in [2.05, 4.69) is 15.5 Å².